The Morgan fingerprint density at radius 3 is 2.73 bits per heavy atom. The SMILES string of the molecule is Cc1noc(C)c1CN[C@H](C)c1ccccc1-n1cccn1. The van der Waals surface area contributed by atoms with Gasteiger partial charge < -0.3 is 9.84 Å². The second kappa shape index (κ2) is 6.15. The number of aromatic nitrogens is 3. The predicted octanol–water partition coefficient (Wildman–Crippen LogP) is 3.33. The molecule has 1 aromatic carbocycles. The highest BCUT2D eigenvalue weighted by molar-refractivity contribution is 5.42. The maximum Gasteiger partial charge on any atom is 0.138 e. The molecule has 0 amide bonds. The summed E-state index contributed by atoms with van der Waals surface area (Å²) < 4.78 is 7.10. The van der Waals surface area contributed by atoms with Crippen LogP contribution < -0.4 is 5.32 Å². The predicted molar refractivity (Wildman–Crippen MR) is 84.8 cm³/mol. The third-order valence-electron chi connectivity index (χ3n) is 3.92. The van der Waals surface area contributed by atoms with Crippen LogP contribution >= 0.6 is 0 Å². The van der Waals surface area contributed by atoms with Crippen molar-refractivity contribution in [3.05, 3.63) is 65.3 Å². The zero-order valence-corrected chi connectivity index (χ0v) is 13.1. The molecule has 5 heteroatoms. The van der Waals surface area contributed by atoms with Crippen LogP contribution in [0.1, 0.15) is 35.5 Å². The van der Waals surface area contributed by atoms with Gasteiger partial charge in [0.1, 0.15) is 5.76 Å². The van der Waals surface area contributed by atoms with Gasteiger partial charge in [0, 0.05) is 30.5 Å². The van der Waals surface area contributed by atoms with E-state index < -0.39 is 0 Å². The molecule has 0 bridgehead atoms. The lowest BCUT2D eigenvalue weighted by Gasteiger charge is -2.18. The van der Waals surface area contributed by atoms with Crippen LogP contribution in [0.3, 0.4) is 0 Å². The van der Waals surface area contributed by atoms with Crippen LogP contribution in [0, 0.1) is 13.8 Å². The van der Waals surface area contributed by atoms with E-state index in [1.807, 2.05) is 36.9 Å². The fourth-order valence-corrected chi connectivity index (χ4v) is 2.59. The fraction of sp³-hybridized carbons (Fsp3) is 0.294. The topological polar surface area (TPSA) is 55.9 Å². The molecule has 22 heavy (non-hydrogen) atoms. The Balaban J connectivity index is 1.80. The highest BCUT2D eigenvalue weighted by atomic mass is 16.5. The molecule has 1 atom stereocenters. The Bertz CT molecular complexity index is 726. The lowest BCUT2D eigenvalue weighted by molar-refractivity contribution is 0.391. The smallest absolute Gasteiger partial charge is 0.138 e. The number of para-hydroxylation sites is 1. The second-order valence-corrected chi connectivity index (χ2v) is 5.41. The largest absolute Gasteiger partial charge is 0.361 e. The van der Waals surface area contributed by atoms with Gasteiger partial charge in [-0.05, 0) is 38.5 Å². The lowest BCUT2D eigenvalue weighted by atomic mass is 10.1. The summed E-state index contributed by atoms with van der Waals surface area (Å²) in [6.45, 7) is 6.80. The van der Waals surface area contributed by atoms with E-state index in [4.69, 9.17) is 4.52 Å². The lowest BCUT2D eigenvalue weighted by Crippen LogP contribution is -2.20. The van der Waals surface area contributed by atoms with Crippen LogP contribution in [0.25, 0.3) is 5.69 Å². The van der Waals surface area contributed by atoms with Crippen LogP contribution in [-0.2, 0) is 6.54 Å². The molecule has 0 aliphatic heterocycles. The van der Waals surface area contributed by atoms with Crippen molar-refractivity contribution >= 4 is 0 Å². The van der Waals surface area contributed by atoms with Gasteiger partial charge in [-0.1, -0.05) is 23.4 Å². The number of rotatable bonds is 5. The average molecular weight is 296 g/mol. The minimum absolute atomic E-state index is 0.189. The third-order valence-corrected chi connectivity index (χ3v) is 3.92. The van der Waals surface area contributed by atoms with Gasteiger partial charge >= 0.3 is 0 Å². The molecular weight excluding hydrogens is 276 g/mol. The summed E-state index contributed by atoms with van der Waals surface area (Å²) in [6, 6.07) is 10.4. The molecule has 0 unspecified atom stereocenters. The second-order valence-electron chi connectivity index (χ2n) is 5.41. The Hall–Kier alpha value is -2.40. The standard InChI is InChI=1S/C17H20N4O/c1-12(18-11-16-13(2)20-22-14(16)3)15-7-4-5-8-17(15)21-10-6-9-19-21/h4-10,12,18H,11H2,1-3H3/t12-/m1/s1. The van der Waals surface area contributed by atoms with Crippen molar-refractivity contribution in [2.75, 3.05) is 0 Å². The molecule has 0 radical (unpaired) electrons. The number of nitrogens with one attached hydrogen (secondary N) is 1. The average Bonchev–Trinajstić information content (AvgIpc) is 3.16. The van der Waals surface area contributed by atoms with Gasteiger partial charge in [-0.2, -0.15) is 5.10 Å². The van der Waals surface area contributed by atoms with Crippen molar-refractivity contribution in [1.29, 1.82) is 0 Å². The van der Waals surface area contributed by atoms with Gasteiger partial charge in [0.25, 0.3) is 0 Å². The molecule has 0 fully saturated rings. The molecular formula is C17H20N4O. The zero-order chi connectivity index (χ0) is 15.5. The van der Waals surface area contributed by atoms with Crippen LogP contribution in [0.15, 0.2) is 47.2 Å². The number of hydrogen-bond acceptors (Lipinski definition) is 4. The van der Waals surface area contributed by atoms with Crippen molar-refractivity contribution in [1.82, 2.24) is 20.3 Å². The molecule has 3 aromatic rings. The molecule has 0 spiro atoms. The van der Waals surface area contributed by atoms with Crippen LogP contribution in [0.5, 0.6) is 0 Å². The Morgan fingerprint density at radius 1 is 1.23 bits per heavy atom. The summed E-state index contributed by atoms with van der Waals surface area (Å²) in [5, 5.41) is 11.9. The first-order valence-electron chi connectivity index (χ1n) is 7.41. The summed E-state index contributed by atoms with van der Waals surface area (Å²) in [7, 11) is 0. The van der Waals surface area contributed by atoms with E-state index in [2.05, 4.69) is 40.7 Å². The van der Waals surface area contributed by atoms with E-state index in [1.54, 1.807) is 6.20 Å². The summed E-state index contributed by atoms with van der Waals surface area (Å²) >= 11 is 0. The van der Waals surface area contributed by atoms with Crippen molar-refractivity contribution in [2.24, 2.45) is 0 Å². The van der Waals surface area contributed by atoms with E-state index in [-0.39, 0.29) is 6.04 Å². The van der Waals surface area contributed by atoms with Gasteiger partial charge in [-0.15, -0.1) is 0 Å². The fourth-order valence-electron chi connectivity index (χ4n) is 2.59. The Kier molecular flexibility index (Phi) is 4.06. The first kappa shape index (κ1) is 14.5. The zero-order valence-electron chi connectivity index (χ0n) is 13.1. The quantitative estimate of drug-likeness (QED) is 0.784. The van der Waals surface area contributed by atoms with Crippen molar-refractivity contribution in [3.63, 3.8) is 0 Å². The third kappa shape index (κ3) is 2.80. The monoisotopic (exact) mass is 296 g/mol. The van der Waals surface area contributed by atoms with E-state index in [0.29, 0.717) is 0 Å². The molecule has 1 N–H and O–H groups in total. The normalized spacial score (nSPS) is 12.5. The summed E-state index contributed by atoms with van der Waals surface area (Å²) in [5.41, 5.74) is 4.37. The van der Waals surface area contributed by atoms with Crippen LogP contribution in [-0.4, -0.2) is 14.9 Å². The molecule has 5 nitrogen and oxygen atoms in total. The van der Waals surface area contributed by atoms with Crippen molar-refractivity contribution < 1.29 is 4.52 Å². The molecule has 0 aliphatic rings. The van der Waals surface area contributed by atoms with E-state index in [0.717, 1.165) is 29.2 Å². The number of nitrogens with zero attached hydrogens (tertiary/aromatic N) is 3. The molecule has 114 valence electrons. The minimum Gasteiger partial charge on any atom is -0.361 e. The molecule has 0 aliphatic carbocycles. The van der Waals surface area contributed by atoms with E-state index in [1.165, 1.54) is 5.56 Å². The van der Waals surface area contributed by atoms with Crippen LogP contribution in [0.4, 0.5) is 0 Å². The van der Waals surface area contributed by atoms with Gasteiger partial charge in [-0.25, -0.2) is 4.68 Å². The maximum absolute atomic E-state index is 5.21. The van der Waals surface area contributed by atoms with E-state index >= 15 is 0 Å². The first-order chi connectivity index (χ1) is 10.7. The molecule has 3 rings (SSSR count). The molecule has 2 aromatic heterocycles. The van der Waals surface area contributed by atoms with E-state index in [9.17, 15) is 0 Å². The number of aryl methyl sites for hydroxylation is 2. The summed E-state index contributed by atoms with van der Waals surface area (Å²) in [5.74, 6) is 0.873. The molecule has 0 saturated heterocycles. The summed E-state index contributed by atoms with van der Waals surface area (Å²) in [4.78, 5) is 0. The van der Waals surface area contributed by atoms with Crippen LogP contribution in [0.2, 0.25) is 0 Å². The minimum atomic E-state index is 0.189. The van der Waals surface area contributed by atoms with Crippen molar-refractivity contribution in [3.8, 4) is 5.69 Å². The van der Waals surface area contributed by atoms with Crippen molar-refractivity contribution in [2.45, 2.75) is 33.4 Å². The number of hydrogen-bond donors (Lipinski definition) is 1. The molecule has 2 heterocycles. The molecule has 0 saturated carbocycles. The van der Waals surface area contributed by atoms with Gasteiger partial charge in [0.05, 0.1) is 11.4 Å². The number of benzene rings is 1. The van der Waals surface area contributed by atoms with Gasteiger partial charge in [0.2, 0.25) is 0 Å². The highest BCUT2D eigenvalue weighted by Crippen LogP contribution is 2.22. The maximum atomic E-state index is 5.21. The highest BCUT2D eigenvalue weighted by Gasteiger charge is 2.14. The summed E-state index contributed by atoms with van der Waals surface area (Å²) in [6.07, 6.45) is 3.75. The van der Waals surface area contributed by atoms with Gasteiger partial charge in [-0.3, -0.25) is 0 Å². The Labute approximate surface area is 129 Å². The first-order valence-corrected chi connectivity index (χ1v) is 7.41. The van der Waals surface area contributed by atoms with Gasteiger partial charge in [0.15, 0.2) is 0 Å². The Morgan fingerprint density at radius 2 is 2.05 bits per heavy atom.